The summed E-state index contributed by atoms with van der Waals surface area (Å²) in [5.41, 5.74) is 1.01. The molecule has 0 heterocycles. The number of methoxy groups -OCH3 is 2. The minimum atomic E-state index is -0.398. The highest BCUT2D eigenvalue weighted by Gasteiger charge is 2.04. The van der Waals surface area contributed by atoms with Crippen LogP contribution in [-0.2, 0) is 11.2 Å². The molecule has 1 rings (SSSR count). The number of nitrogens with one attached hydrogen (secondary N) is 1. The van der Waals surface area contributed by atoms with Crippen LogP contribution in [-0.4, -0.2) is 26.7 Å². The number of hydrogen-bond acceptors (Lipinski definition) is 3. The van der Waals surface area contributed by atoms with Gasteiger partial charge in [-0.05, 0) is 59.6 Å². The number of rotatable bonds is 5. The topological polar surface area (TPSA) is 47.6 Å². The lowest BCUT2D eigenvalue weighted by molar-refractivity contribution is -0.115. The van der Waals surface area contributed by atoms with E-state index in [9.17, 15) is 4.79 Å². The first kappa shape index (κ1) is 17.6. The molecule has 23 heavy (non-hydrogen) atoms. The van der Waals surface area contributed by atoms with Gasteiger partial charge in [0.1, 0.15) is 0 Å². The molecule has 0 bridgehead atoms. The van der Waals surface area contributed by atoms with E-state index in [2.05, 4.69) is 46.8 Å². The Labute approximate surface area is 136 Å². The SMILES string of the molecule is C#CC#CC#CC#CC(=O)NCCc1ccc(OC)c(OC)c1. The molecule has 114 valence electrons. The number of carbonyl (C=O) groups is 1. The van der Waals surface area contributed by atoms with E-state index >= 15 is 0 Å². The Morgan fingerprint density at radius 3 is 2.48 bits per heavy atom. The Morgan fingerprint density at radius 2 is 1.78 bits per heavy atom. The Hall–Kier alpha value is -3.47. The minimum Gasteiger partial charge on any atom is -0.493 e. The zero-order valence-electron chi connectivity index (χ0n) is 12.9. The van der Waals surface area contributed by atoms with Crippen LogP contribution in [0, 0.1) is 47.9 Å². The minimum absolute atomic E-state index is 0.398. The molecule has 0 atom stereocenters. The predicted molar refractivity (Wildman–Crippen MR) is 88.4 cm³/mol. The number of amides is 1. The van der Waals surface area contributed by atoms with Crippen LogP contribution >= 0.6 is 0 Å². The van der Waals surface area contributed by atoms with Gasteiger partial charge in [0.05, 0.1) is 14.2 Å². The number of ether oxygens (including phenoxy) is 2. The Bertz CT molecular complexity index is 784. The highest BCUT2D eigenvalue weighted by molar-refractivity contribution is 5.94. The van der Waals surface area contributed by atoms with E-state index in [1.54, 1.807) is 14.2 Å². The second-order valence-corrected chi connectivity index (χ2v) is 4.09. The molecule has 1 aromatic rings. The lowest BCUT2D eigenvalue weighted by Crippen LogP contribution is -2.23. The molecule has 1 amide bonds. The summed E-state index contributed by atoms with van der Waals surface area (Å²) in [4.78, 5) is 11.5. The lowest BCUT2D eigenvalue weighted by atomic mass is 10.1. The van der Waals surface area contributed by atoms with E-state index in [-0.39, 0.29) is 0 Å². The average molecular weight is 305 g/mol. The molecule has 4 heteroatoms. The van der Waals surface area contributed by atoms with Crippen LogP contribution < -0.4 is 14.8 Å². The maximum Gasteiger partial charge on any atom is 0.296 e. The predicted octanol–water partition coefficient (Wildman–Crippen LogP) is 1.01. The molecule has 0 spiro atoms. The lowest BCUT2D eigenvalue weighted by Gasteiger charge is -2.09. The Morgan fingerprint density at radius 1 is 1.09 bits per heavy atom. The highest BCUT2D eigenvalue weighted by atomic mass is 16.5. The fourth-order valence-electron chi connectivity index (χ4n) is 1.62. The van der Waals surface area contributed by atoms with E-state index < -0.39 is 5.91 Å². The number of terminal acetylenes is 1. The summed E-state index contributed by atoms with van der Waals surface area (Å²) in [5.74, 6) is 17.3. The van der Waals surface area contributed by atoms with Gasteiger partial charge in [-0.15, -0.1) is 6.42 Å². The molecule has 0 aliphatic heterocycles. The van der Waals surface area contributed by atoms with Crippen LogP contribution in [0.1, 0.15) is 5.56 Å². The molecule has 0 saturated heterocycles. The van der Waals surface area contributed by atoms with Gasteiger partial charge in [-0.3, -0.25) is 4.79 Å². The van der Waals surface area contributed by atoms with Gasteiger partial charge in [-0.25, -0.2) is 0 Å². The van der Waals surface area contributed by atoms with Crippen molar-refractivity contribution in [2.45, 2.75) is 6.42 Å². The highest BCUT2D eigenvalue weighted by Crippen LogP contribution is 2.27. The van der Waals surface area contributed by atoms with Gasteiger partial charge in [-0.2, -0.15) is 0 Å². The molecule has 4 nitrogen and oxygen atoms in total. The first-order chi connectivity index (χ1) is 11.2. The Balaban J connectivity index is 2.48. The van der Waals surface area contributed by atoms with Gasteiger partial charge in [0.2, 0.25) is 0 Å². The second-order valence-electron chi connectivity index (χ2n) is 4.09. The van der Waals surface area contributed by atoms with Gasteiger partial charge in [0.25, 0.3) is 5.91 Å². The molecule has 0 fully saturated rings. The van der Waals surface area contributed by atoms with E-state index in [4.69, 9.17) is 15.9 Å². The van der Waals surface area contributed by atoms with E-state index in [0.29, 0.717) is 24.5 Å². The smallest absolute Gasteiger partial charge is 0.296 e. The van der Waals surface area contributed by atoms with Gasteiger partial charge < -0.3 is 14.8 Å². The third kappa shape index (κ3) is 6.68. The van der Waals surface area contributed by atoms with Crippen LogP contribution in [0.15, 0.2) is 18.2 Å². The van der Waals surface area contributed by atoms with Crippen LogP contribution in [0.5, 0.6) is 11.5 Å². The first-order valence-electron chi connectivity index (χ1n) is 6.66. The van der Waals surface area contributed by atoms with Gasteiger partial charge in [0, 0.05) is 12.5 Å². The first-order valence-corrected chi connectivity index (χ1v) is 6.66. The van der Waals surface area contributed by atoms with Crippen molar-refractivity contribution in [2.75, 3.05) is 20.8 Å². The molecule has 0 radical (unpaired) electrons. The molecule has 0 saturated carbocycles. The van der Waals surface area contributed by atoms with Crippen molar-refractivity contribution in [3.05, 3.63) is 23.8 Å². The number of hydrogen-bond donors (Lipinski definition) is 1. The third-order valence-corrected chi connectivity index (χ3v) is 2.65. The second kappa shape index (κ2) is 10.3. The van der Waals surface area contributed by atoms with E-state index in [1.165, 1.54) is 0 Å². The summed E-state index contributed by atoms with van der Waals surface area (Å²) in [5, 5.41) is 2.68. The standard InChI is InChI=1S/C19H15NO3/c1-4-5-6-7-8-9-10-19(21)20-14-13-16-11-12-17(22-2)18(15-16)23-3/h1,11-12,15H,13-14H2,2-3H3,(H,20,21). The molecule has 0 unspecified atom stereocenters. The number of carbonyl (C=O) groups excluding carboxylic acids is 1. The Kier molecular flexibility index (Phi) is 7.86. The molecule has 0 aliphatic rings. The summed E-state index contributed by atoms with van der Waals surface area (Å²) in [6.45, 7) is 0.452. The molecule has 1 N–H and O–H groups in total. The monoisotopic (exact) mass is 305 g/mol. The summed E-state index contributed by atoms with van der Waals surface area (Å²) in [6, 6.07) is 5.60. The fourth-order valence-corrected chi connectivity index (χ4v) is 1.62. The summed E-state index contributed by atoms with van der Waals surface area (Å²) >= 11 is 0. The van der Waals surface area contributed by atoms with Crippen LogP contribution in [0.25, 0.3) is 0 Å². The van der Waals surface area contributed by atoms with E-state index in [0.717, 1.165) is 5.56 Å². The van der Waals surface area contributed by atoms with Crippen molar-refractivity contribution in [2.24, 2.45) is 0 Å². The maximum absolute atomic E-state index is 11.5. The van der Waals surface area contributed by atoms with Gasteiger partial charge in [0.15, 0.2) is 11.5 Å². The summed E-state index contributed by atoms with van der Waals surface area (Å²) in [7, 11) is 3.16. The fraction of sp³-hybridized carbons (Fsp3) is 0.211. The largest absolute Gasteiger partial charge is 0.493 e. The molecule has 0 aliphatic carbocycles. The summed E-state index contributed by atoms with van der Waals surface area (Å²) in [6.07, 6.45) is 5.57. The number of benzene rings is 1. The van der Waals surface area contributed by atoms with Crippen LogP contribution in [0.2, 0.25) is 0 Å². The summed E-state index contributed by atoms with van der Waals surface area (Å²) < 4.78 is 10.4. The maximum atomic E-state index is 11.5. The normalized spacial score (nSPS) is 7.87. The molecular formula is C19H15NO3. The zero-order chi connectivity index (χ0) is 16.9. The molecule has 0 aromatic heterocycles. The van der Waals surface area contributed by atoms with Gasteiger partial charge >= 0.3 is 0 Å². The van der Waals surface area contributed by atoms with Crippen LogP contribution in [0.3, 0.4) is 0 Å². The van der Waals surface area contributed by atoms with Crippen molar-refractivity contribution < 1.29 is 14.3 Å². The van der Waals surface area contributed by atoms with Crippen LogP contribution in [0.4, 0.5) is 0 Å². The van der Waals surface area contributed by atoms with Crippen molar-refractivity contribution in [3.63, 3.8) is 0 Å². The van der Waals surface area contributed by atoms with Crippen molar-refractivity contribution in [3.8, 4) is 59.4 Å². The molecule has 1 aromatic carbocycles. The third-order valence-electron chi connectivity index (χ3n) is 2.65. The zero-order valence-corrected chi connectivity index (χ0v) is 12.9. The van der Waals surface area contributed by atoms with Crippen molar-refractivity contribution in [1.82, 2.24) is 5.32 Å². The molecular weight excluding hydrogens is 290 g/mol. The van der Waals surface area contributed by atoms with Crippen molar-refractivity contribution in [1.29, 1.82) is 0 Å². The average Bonchev–Trinajstić information content (AvgIpc) is 2.57. The van der Waals surface area contributed by atoms with E-state index in [1.807, 2.05) is 18.2 Å². The van der Waals surface area contributed by atoms with Gasteiger partial charge in [-0.1, -0.05) is 6.07 Å². The quantitative estimate of drug-likeness (QED) is 0.826. The van der Waals surface area contributed by atoms with Crippen molar-refractivity contribution >= 4 is 5.91 Å².